The van der Waals surface area contributed by atoms with E-state index in [1.807, 2.05) is 30.3 Å². The summed E-state index contributed by atoms with van der Waals surface area (Å²) in [6.07, 6.45) is 2.12. The Morgan fingerprint density at radius 3 is 2.55 bits per heavy atom. The first-order valence-corrected chi connectivity index (χ1v) is 8.79. The molecule has 7 nitrogen and oxygen atoms in total. The first-order chi connectivity index (χ1) is 10.5. The Labute approximate surface area is 131 Å². The molecule has 0 saturated carbocycles. The lowest BCUT2D eigenvalue weighted by molar-refractivity contribution is -0.121. The monoisotopic (exact) mass is 330 g/mol. The van der Waals surface area contributed by atoms with Crippen LogP contribution in [0.5, 0.6) is 0 Å². The molecule has 22 heavy (non-hydrogen) atoms. The van der Waals surface area contributed by atoms with Crippen molar-refractivity contribution < 1.29 is 22.2 Å². The lowest BCUT2D eigenvalue weighted by atomic mass is 10.1. The second-order valence-electron chi connectivity index (χ2n) is 4.60. The molecule has 8 heteroatoms. The van der Waals surface area contributed by atoms with Gasteiger partial charge in [-0.3, -0.25) is 13.8 Å². The maximum Gasteiger partial charge on any atom is 0.264 e. The van der Waals surface area contributed by atoms with Crippen molar-refractivity contribution in [2.24, 2.45) is 0 Å². The molecule has 1 aromatic carbocycles. The molecule has 0 aromatic heterocycles. The van der Waals surface area contributed by atoms with Gasteiger partial charge in [0, 0.05) is 19.5 Å². The predicted octanol–water partition coefficient (Wildman–Crippen LogP) is 0.233. The number of aryl methyl sites for hydroxylation is 1. The van der Waals surface area contributed by atoms with E-state index in [9.17, 15) is 13.2 Å². The fourth-order valence-corrected chi connectivity index (χ4v) is 2.00. The van der Waals surface area contributed by atoms with E-state index in [0.29, 0.717) is 19.4 Å². The molecule has 0 atom stereocenters. The number of rotatable bonds is 11. The van der Waals surface area contributed by atoms with Gasteiger partial charge in [0.05, 0.1) is 19.5 Å². The van der Waals surface area contributed by atoms with Gasteiger partial charge in [-0.05, 0) is 12.0 Å². The van der Waals surface area contributed by atoms with Gasteiger partial charge in [0.1, 0.15) is 0 Å². The van der Waals surface area contributed by atoms with Crippen molar-refractivity contribution >= 4 is 16.0 Å². The van der Waals surface area contributed by atoms with Crippen molar-refractivity contribution in [1.29, 1.82) is 0 Å². The lowest BCUT2D eigenvalue weighted by Crippen LogP contribution is -2.30. The number of hydrogen-bond donors (Lipinski definition) is 2. The Balaban J connectivity index is 1.95. The molecule has 0 unspecified atom stereocenters. The summed E-state index contributed by atoms with van der Waals surface area (Å²) in [4.78, 5) is 16.6. The molecular formula is C14H22N2O5S. The van der Waals surface area contributed by atoms with Gasteiger partial charge >= 0.3 is 0 Å². The first kappa shape index (κ1) is 18.6. The molecule has 0 aliphatic heterocycles. The molecule has 0 saturated heterocycles. The van der Waals surface area contributed by atoms with E-state index in [2.05, 4.69) is 15.0 Å². The smallest absolute Gasteiger partial charge is 0.264 e. The van der Waals surface area contributed by atoms with Crippen LogP contribution in [-0.2, 0) is 30.4 Å². The van der Waals surface area contributed by atoms with Crippen molar-refractivity contribution in [3.63, 3.8) is 0 Å². The number of benzene rings is 1. The summed E-state index contributed by atoms with van der Waals surface area (Å²) in [5, 5.41) is 2.74. The molecule has 1 rings (SSSR count). The molecule has 0 aliphatic carbocycles. The van der Waals surface area contributed by atoms with Crippen molar-refractivity contribution in [2.75, 3.05) is 32.6 Å². The Hall–Kier alpha value is -1.48. The lowest BCUT2D eigenvalue weighted by Gasteiger charge is -2.07. The van der Waals surface area contributed by atoms with Crippen molar-refractivity contribution in [2.45, 2.75) is 12.8 Å². The van der Waals surface area contributed by atoms with Gasteiger partial charge in [-0.1, -0.05) is 30.3 Å². The molecule has 2 N–H and O–H groups in total. The van der Waals surface area contributed by atoms with Crippen LogP contribution in [0.15, 0.2) is 30.3 Å². The Kier molecular flexibility index (Phi) is 8.68. The quantitative estimate of drug-likeness (QED) is 0.343. The minimum Gasteiger partial charge on any atom is -0.354 e. The van der Waals surface area contributed by atoms with Gasteiger partial charge < -0.3 is 5.32 Å². The van der Waals surface area contributed by atoms with Gasteiger partial charge in [-0.2, -0.15) is 8.42 Å². The number of carbonyl (C=O) groups excluding carboxylic acids is 1. The third-order valence-corrected chi connectivity index (χ3v) is 3.21. The molecule has 1 amide bonds. The summed E-state index contributed by atoms with van der Waals surface area (Å²) in [6, 6.07) is 9.80. The molecule has 0 radical (unpaired) electrons. The maximum absolute atomic E-state index is 11.6. The second-order valence-corrected chi connectivity index (χ2v) is 6.25. The van der Waals surface area contributed by atoms with Gasteiger partial charge in [-0.15, -0.1) is 0 Å². The zero-order valence-electron chi connectivity index (χ0n) is 12.6. The molecule has 0 heterocycles. The average Bonchev–Trinajstić information content (AvgIpc) is 2.48. The normalized spacial score (nSPS) is 11.3. The summed E-state index contributed by atoms with van der Waals surface area (Å²) in [5.41, 5.74) is 3.68. The average molecular weight is 330 g/mol. The number of hydrogen-bond acceptors (Lipinski definition) is 6. The highest BCUT2D eigenvalue weighted by atomic mass is 32.2. The van der Waals surface area contributed by atoms with E-state index in [0.717, 1.165) is 11.8 Å². The van der Waals surface area contributed by atoms with Crippen LogP contribution in [0, 0.1) is 0 Å². The van der Waals surface area contributed by atoms with E-state index in [1.54, 1.807) is 0 Å². The van der Waals surface area contributed by atoms with E-state index in [4.69, 9.17) is 4.84 Å². The standard InChI is InChI=1S/C14H22N2O5S/c1-22(18,19)21-12-10-16-20-11-9-15-14(17)8-7-13-5-3-2-4-6-13/h2-6,16H,7-12H2,1H3,(H,15,17). The van der Waals surface area contributed by atoms with Crippen LogP contribution >= 0.6 is 0 Å². The third-order valence-electron chi connectivity index (χ3n) is 2.61. The maximum atomic E-state index is 11.6. The van der Waals surface area contributed by atoms with E-state index in [1.165, 1.54) is 0 Å². The van der Waals surface area contributed by atoms with Crippen molar-refractivity contribution in [1.82, 2.24) is 10.8 Å². The fourth-order valence-electron chi connectivity index (χ4n) is 1.61. The SMILES string of the molecule is CS(=O)(=O)OCCNOCCNC(=O)CCc1ccccc1. The number of amides is 1. The van der Waals surface area contributed by atoms with Crippen LogP contribution in [0.3, 0.4) is 0 Å². The molecule has 0 fully saturated rings. The second kappa shape index (κ2) is 10.3. The Bertz CT molecular complexity index is 533. The molecular weight excluding hydrogens is 308 g/mol. The van der Waals surface area contributed by atoms with E-state index >= 15 is 0 Å². The third kappa shape index (κ3) is 10.3. The van der Waals surface area contributed by atoms with Gasteiger partial charge in [-0.25, -0.2) is 5.48 Å². The van der Waals surface area contributed by atoms with Crippen LogP contribution in [0.25, 0.3) is 0 Å². The van der Waals surface area contributed by atoms with Crippen LogP contribution < -0.4 is 10.8 Å². The minimum absolute atomic E-state index is 0.00225. The zero-order chi connectivity index (χ0) is 16.3. The number of nitrogens with one attached hydrogen (secondary N) is 2. The summed E-state index contributed by atoms with van der Waals surface area (Å²) in [7, 11) is -3.41. The first-order valence-electron chi connectivity index (χ1n) is 6.97. The van der Waals surface area contributed by atoms with E-state index < -0.39 is 10.1 Å². The highest BCUT2D eigenvalue weighted by Gasteiger charge is 2.02. The topological polar surface area (TPSA) is 93.7 Å². The van der Waals surface area contributed by atoms with Crippen molar-refractivity contribution in [3.8, 4) is 0 Å². The summed E-state index contributed by atoms with van der Waals surface area (Å²) >= 11 is 0. The van der Waals surface area contributed by atoms with Crippen LogP contribution in [0.4, 0.5) is 0 Å². The largest absolute Gasteiger partial charge is 0.354 e. The van der Waals surface area contributed by atoms with Crippen LogP contribution in [0.2, 0.25) is 0 Å². The Morgan fingerprint density at radius 2 is 1.86 bits per heavy atom. The molecule has 0 bridgehead atoms. The summed E-state index contributed by atoms with van der Waals surface area (Å²) in [6.45, 7) is 0.917. The summed E-state index contributed by atoms with van der Waals surface area (Å²) in [5.74, 6) is -0.0344. The molecule has 0 spiro atoms. The number of carbonyl (C=O) groups is 1. The Morgan fingerprint density at radius 1 is 1.14 bits per heavy atom. The van der Waals surface area contributed by atoms with Gasteiger partial charge in [0.2, 0.25) is 5.91 Å². The van der Waals surface area contributed by atoms with Crippen molar-refractivity contribution in [3.05, 3.63) is 35.9 Å². The molecule has 1 aromatic rings. The van der Waals surface area contributed by atoms with E-state index in [-0.39, 0.29) is 25.7 Å². The molecule has 0 aliphatic rings. The minimum atomic E-state index is -3.41. The van der Waals surface area contributed by atoms with Gasteiger partial charge in [0.25, 0.3) is 10.1 Å². The van der Waals surface area contributed by atoms with Gasteiger partial charge in [0.15, 0.2) is 0 Å². The highest BCUT2D eigenvalue weighted by Crippen LogP contribution is 2.01. The zero-order valence-corrected chi connectivity index (χ0v) is 13.4. The van der Waals surface area contributed by atoms with Crippen LogP contribution in [0.1, 0.15) is 12.0 Å². The molecule has 124 valence electrons. The number of hydroxylamine groups is 1. The highest BCUT2D eigenvalue weighted by molar-refractivity contribution is 7.85. The summed E-state index contributed by atoms with van der Waals surface area (Å²) < 4.78 is 25.8. The predicted molar refractivity (Wildman–Crippen MR) is 82.5 cm³/mol. The fraction of sp³-hybridized carbons (Fsp3) is 0.500. The van der Waals surface area contributed by atoms with Crippen LogP contribution in [-0.4, -0.2) is 46.9 Å².